The van der Waals surface area contributed by atoms with Crippen molar-refractivity contribution in [2.24, 2.45) is 0 Å². The minimum atomic E-state index is 0.711. The molecule has 0 atom stereocenters. The summed E-state index contributed by atoms with van der Waals surface area (Å²) in [5.41, 5.74) is 7.10. The van der Waals surface area contributed by atoms with Gasteiger partial charge in [0.2, 0.25) is 0 Å². The highest BCUT2D eigenvalue weighted by Gasteiger charge is 2.18. The number of pyridine rings is 1. The van der Waals surface area contributed by atoms with E-state index in [9.17, 15) is 0 Å². The molecule has 0 N–H and O–H groups in total. The van der Waals surface area contributed by atoms with Crippen molar-refractivity contribution in [2.75, 3.05) is 0 Å². The lowest BCUT2D eigenvalue weighted by molar-refractivity contribution is 1.19. The van der Waals surface area contributed by atoms with E-state index in [1.54, 1.807) is 6.20 Å². The van der Waals surface area contributed by atoms with Crippen LogP contribution in [0.2, 0.25) is 0 Å². The highest BCUT2D eigenvalue weighted by Crippen LogP contribution is 2.42. The minimum absolute atomic E-state index is 0.711. The van der Waals surface area contributed by atoms with E-state index in [4.69, 9.17) is 9.97 Å². The Bertz CT molecular complexity index is 2560. The van der Waals surface area contributed by atoms with Gasteiger partial charge in [0.25, 0.3) is 0 Å². The number of benzene rings is 7. The largest absolute Gasteiger partial charge is 0.264 e. The summed E-state index contributed by atoms with van der Waals surface area (Å²) in [4.78, 5) is 14.8. The quantitative estimate of drug-likeness (QED) is 0.193. The molecule has 0 amide bonds. The van der Waals surface area contributed by atoms with Crippen molar-refractivity contribution in [1.29, 1.82) is 0 Å². The molecule has 0 fully saturated rings. The molecule has 0 aliphatic rings. The second-order valence-electron chi connectivity index (χ2n) is 11.6. The molecule has 9 aromatic rings. The van der Waals surface area contributed by atoms with Gasteiger partial charge in [-0.2, -0.15) is 0 Å². The Morgan fingerprint density at radius 2 is 0.848 bits per heavy atom. The van der Waals surface area contributed by atoms with Gasteiger partial charge in [-0.05, 0) is 72.4 Å². The van der Waals surface area contributed by atoms with E-state index in [-0.39, 0.29) is 0 Å². The van der Waals surface area contributed by atoms with Gasteiger partial charge in [0, 0.05) is 29.1 Å². The molecule has 214 valence electrons. The Balaban J connectivity index is 1.33. The van der Waals surface area contributed by atoms with Crippen LogP contribution in [0.15, 0.2) is 164 Å². The van der Waals surface area contributed by atoms with Gasteiger partial charge in [0.1, 0.15) is 0 Å². The zero-order chi connectivity index (χ0) is 30.5. The molecular weight excluding hydrogens is 558 g/mol. The number of nitrogens with zero attached hydrogens (tertiary/aromatic N) is 3. The average Bonchev–Trinajstić information content (AvgIpc) is 3.15. The molecule has 0 unspecified atom stereocenters. The summed E-state index contributed by atoms with van der Waals surface area (Å²) in [7, 11) is 0. The third kappa shape index (κ3) is 4.33. The van der Waals surface area contributed by atoms with Crippen molar-refractivity contribution in [1.82, 2.24) is 15.0 Å². The Morgan fingerprint density at radius 1 is 0.348 bits per heavy atom. The van der Waals surface area contributed by atoms with Crippen molar-refractivity contribution in [3.8, 4) is 45.0 Å². The normalized spacial score (nSPS) is 11.5. The van der Waals surface area contributed by atoms with Crippen LogP contribution in [0.1, 0.15) is 0 Å². The third-order valence-electron chi connectivity index (χ3n) is 8.96. The second kappa shape index (κ2) is 10.8. The molecule has 0 spiro atoms. The van der Waals surface area contributed by atoms with Crippen LogP contribution in [0, 0.1) is 0 Å². The lowest BCUT2D eigenvalue weighted by atomic mass is 9.89. The number of hydrogen-bond acceptors (Lipinski definition) is 3. The summed E-state index contributed by atoms with van der Waals surface area (Å²) in [5.74, 6) is 0.711. The fourth-order valence-electron chi connectivity index (χ4n) is 6.79. The fraction of sp³-hybridized carbons (Fsp3) is 0. The lowest BCUT2D eigenvalue weighted by Crippen LogP contribution is -1.97. The molecule has 0 radical (unpaired) electrons. The van der Waals surface area contributed by atoms with E-state index in [1.807, 2.05) is 18.3 Å². The maximum Gasteiger partial charge on any atom is 0.161 e. The van der Waals surface area contributed by atoms with Crippen molar-refractivity contribution >= 4 is 43.1 Å². The van der Waals surface area contributed by atoms with Gasteiger partial charge in [-0.25, -0.2) is 9.97 Å². The molecule has 7 aromatic carbocycles. The first-order valence-corrected chi connectivity index (χ1v) is 15.5. The zero-order valence-electron chi connectivity index (χ0n) is 24.9. The average molecular weight is 586 g/mol. The first kappa shape index (κ1) is 26.2. The molecule has 0 saturated carbocycles. The van der Waals surface area contributed by atoms with Crippen LogP contribution in [-0.4, -0.2) is 15.0 Å². The Hall–Kier alpha value is -6.19. The van der Waals surface area contributed by atoms with Crippen molar-refractivity contribution < 1.29 is 0 Å². The first-order chi connectivity index (χ1) is 22.8. The SMILES string of the molecule is c1ccc(-c2cc(-c3ccc(-c4cccnc4)cc3)nc(-c3cc4c5ccccc5c5ccccc5c4c4ccccc34)n2)cc1. The monoisotopic (exact) mass is 585 g/mol. The van der Waals surface area contributed by atoms with E-state index in [0.29, 0.717) is 5.82 Å². The molecule has 2 heterocycles. The summed E-state index contributed by atoms with van der Waals surface area (Å²) in [6.07, 6.45) is 3.69. The Kier molecular flexibility index (Phi) is 6.14. The van der Waals surface area contributed by atoms with E-state index in [2.05, 4.69) is 145 Å². The predicted molar refractivity (Wildman–Crippen MR) is 192 cm³/mol. The van der Waals surface area contributed by atoms with Crippen LogP contribution >= 0.6 is 0 Å². The van der Waals surface area contributed by atoms with Gasteiger partial charge in [0.05, 0.1) is 11.4 Å². The lowest BCUT2D eigenvalue weighted by Gasteiger charge is -2.16. The van der Waals surface area contributed by atoms with Crippen LogP contribution in [0.25, 0.3) is 88.1 Å². The van der Waals surface area contributed by atoms with Crippen molar-refractivity contribution in [2.45, 2.75) is 0 Å². The van der Waals surface area contributed by atoms with Gasteiger partial charge in [-0.3, -0.25) is 4.98 Å². The standard InChI is InChI=1S/C43H27N3/c1-2-11-29(12-3-1)40-26-41(30-22-20-28(21-23-30)31-13-10-24-44-27-31)46-43(45-40)39-25-38-34-16-5-4-14-32(34)33-15-6-8-18-36(33)42(38)37-19-9-7-17-35(37)39/h1-27H. The van der Waals surface area contributed by atoms with Crippen LogP contribution < -0.4 is 0 Å². The Morgan fingerprint density at radius 3 is 1.50 bits per heavy atom. The summed E-state index contributed by atoms with van der Waals surface area (Å²) < 4.78 is 0. The van der Waals surface area contributed by atoms with Crippen LogP contribution in [0.4, 0.5) is 0 Å². The number of rotatable bonds is 4. The molecule has 3 nitrogen and oxygen atoms in total. The van der Waals surface area contributed by atoms with Crippen LogP contribution in [0.5, 0.6) is 0 Å². The van der Waals surface area contributed by atoms with Gasteiger partial charge in [0.15, 0.2) is 5.82 Å². The van der Waals surface area contributed by atoms with Gasteiger partial charge in [-0.1, -0.05) is 133 Å². The molecule has 2 aromatic heterocycles. The summed E-state index contributed by atoms with van der Waals surface area (Å²) in [6.45, 7) is 0. The maximum atomic E-state index is 5.28. The van der Waals surface area contributed by atoms with Gasteiger partial charge < -0.3 is 0 Å². The number of hydrogen-bond donors (Lipinski definition) is 0. The first-order valence-electron chi connectivity index (χ1n) is 15.5. The van der Waals surface area contributed by atoms with E-state index >= 15 is 0 Å². The summed E-state index contributed by atoms with van der Waals surface area (Å²) in [5, 5.41) is 9.81. The molecule has 0 saturated heterocycles. The zero-order valence-corrected chi connectivity index (χ0v) is 24.9. The van der Waals surface area contributed by atoms with Crippen molar-refractivity contribution in [3.63, 3.8) is 0 Å². The van der Waals surface area contributed by atoms with Crippen LogP contribution in [-0.2, 0) is 0 Å². The number of aromatic nitrogens is 3. The number of fused-ring (bicyclic) bond motifs is 8. The molecule has 3 heteroatoms. The topological polar surface area (TPSA) is 38.7 Å². The molecule has 0 bridgehead atoms. The van der Waals surface area contributed by atoms with Crippen molar-refractivity contribution in [3.05, 3.63) is 164 Å². The fourth-order valence-corrected chi connectivity index (χ4v) is 6.79. The van der Waals surface area contributed by atoms with E-state index in [0.717, 1.165) is 44.6 Å². The second-order valence-corrected chi connectivity index (χ2v) is 11.6. The molecule has 9 rings (SSSR count). The predicted octanol–water partition coefficient (Wildman–Crippen LogP) is 11.2. The maximum absolute atomic E-state index is 5.28. The molecule has 0 aliphatic carbocycles. The van der Waals surface area contributed by atoms with Crippen LogP contribution in [0.3, 0.4) is 0 Å². The summed E-state index contributed by atoms with van der Waals surface area (Å²) >= 11 is 0. The molecular formula is C43H27N3. The van der Waals surface area contributed by atoms with Gasteiger partial charge in [-0.15, -0.1) is 0 Å². The smallest absolute Gasteiger partial charge is 0.161 e. The molecule has 46 heavy (non-hydrogen) atoms. The highest BCUT2D eigenvalue weighted by atomic mass is 14.9. The highest BCUT2D eigenvalue weighted by molar-refractivity contribution is 6.32. The van der Waals surface area contributed by atoms with E-state index < -0.39 is 0 Å². The third-order valence-corrected chi connectivity index (χ3v) is 8.96. The van der Waals surface area contributed by atoms with E-state index in [1.165, 1.54) is 37.7 Å². The summed E-state index contributed by atoms with van der Waals surface area (Å²) in [6, 6.07) is 53.5. The Labute approximate surface area is 266 Å². The van der Waals surface area contributed by atoms with Gasteiger partial charge >= 0.3 is 0 Å². The molecule has 0 aliphatic heterocycles. The minimum Gasteiger partial charge on any atom is -0.264 e.